The molecule has 0 fully saturated rings. The van der Waals surface area contributed by atoms with Crippen LogP contribution < -0.4 is 11.1 Å². The number of esters is 1. The summed E-state index contributed by atoms with van der Waals surface area (Å²) in [6.07, 6.45) is -0.611. The Kier molecular flexibility index (Phi) is 6.03. The van der Waals surface area contributed by atoms with Gasteiger partial charge >= 0.3 is 12.1 Å². The van der Waals surface area contributed by atoms with Gasteiger partial charge in [0.05, 0.1) is 18.4 Å². The second kappa shape index (κ2) is 9.22. The van der Waals surface area contributed by atoms with Gasteiger partial charge in [0.25, 0.3) is 0 Å². The number of methoxy groups -OCH3 is 1. The van der Waals surface area contributed by atoms with Gasteiger partial charge in [-0.1, -0.05) is 60.7 Å². The van der Waals surface area contributed by atoms with Crippen LogP contribution in [-0.2, 0) is 16.1 Å². The number of carbonyl (C=O) groups is 2. The first-order chi connectivity index (χ1) is 15.6. The average molecular weight is 426 g/mol. The van der Waals surface area contributed by atoms with Gasteiger partial charge in [-0.3, -0.25) is 5.32 Å². The summed E-state index contributed by atoms with van der Waals surface area (Å²) in [5.41, 5.74) is 9.88. The molecule has 32 heavy (non-hydrogen) atoms. The third-order valence-corrected chi connectivity index (χ3v) is 5.12. The van der Waals surface area contributed by atoms with Crippen LogP contribution in [0.1, 0.15) is 15.9 Å². The fourth-order valence-electron chi connectivity index (χ4n) is 3.56. The molecule has 6 heteroatoms. The fraction of sp³-hybridized carbons (Fsp3) is 0.0769. The number of hydrogen-bond donors (Lipinski definition) is 2. The van der Waals surface area contributed by atoms with E-state index in [-0.39, 0.29) is 6.61 Å². The Hall–Kier alpha value is -4.32. The van der Waals surface area contributed by atoms with Crippen LogP contribution in [-0.4, -0.2) is 19.2 Å². The summed E-state index contributed by atoms with van der Waals surface area (Å²) in [6, 6.07) is 25.8. The van der Waals surface area contributed by atoms with Crippen LogP contribution in [0.15, 0.2) is 84.9 Å². The molecule has 0 atom stereocenters. The van der Waals surface area contributed by atoms with Gasteiger partial charge in [-0.05, 0) is 40.6 Å². The molecule has 4 rings (SSSR count). The highest BCUT2D eigenvalue weighted by Crippen LogP contribution is 2.39. The molecule has 0 saturated carbocycles. The van der Waals surface area contributed by atoms with Crippen LogP contribution in [0.4, 0.5) is 16.2 Å². The fourth-order valence-corrected chi connectivity index (χ4v) is 3.56. The number of carbonyl (C=O) groups excluding carboxylic acids is 2. The third-order valence-electron chi connectivity index (χ3n) is 5.12. The number of rotatable bonds is 5. The number of benzene rings is 4. The first kappa shape index (κ1) is 20.9. The van der Waals surface area contributed by atoms with Crippen LogP contribution in [0.3, 0.4) is 0 Å². The van der Waals surface area contributed by atoms with E-state index in [1.54, 1.807) is 24.3 Å². The smallest absolute Gasteiger partial charge is 0.411 e. The predicted molar refractivity (Wildman–Crippen MR) is 125 cm³/mol. The molecule has 0 aliphatic heterocycles. The summed E-state index contributed by atoms with van der Waals surface area (Å²) in [4.78, 5) is 24.7. The first-order valence-electron chi connectivity index (χ1n) is 10.0. The van der Waals surface area contributed by atoms with Crippen LogP contribution in [0.2, 0.25) is 0 Å². The lowest BCUT2D eigenvalue weighted by molar-refractivity contribution is 0.0601. The number of fused-ring (bicyclic) bond motifs is 1. The zero-order chi connectivity index (χ0) is 22.5. The molecule has 0 aromatic heterocycles. The second-order valence-corrected chi connectivity index (χ2v) is 7.19. The third kappa shape index (κ3) is 4.39. The normalized spacial score (nSPS) is 10.5. The van der Waals surface area contributed by atoms with Crippen molar-refractivity contribution in [3.8, 4) is 11.1 Å². The van der Waals surface area contributed by atoms with Crippen molar-refractivity contribution in [2.75, 3.05) is 18.2 Å². The molecule has 4 aromatic rings. The van der Waals surface area contributed by atoms with Crippen LogP contribution in [0, 0.1) is 0 Å². The predicted octanol–water partition coefficient (Wildman–Crippen LogP) is 5.62. The van der Waals surface area contributed by atoms with E-state index >= 15 is 0 Å². The lowest BCUT2D eigenvalue weighted by Gasteiger charge is -2.16. The van der Waals surface area contributed by atoms with Crippen molar-refractivity contribution >= 4 is 34.2 Å². The number of nitrogens with two attached hydrogens (primary N) is 1. The van der Waals surface area contributed by atoms with Gasteiger partial charge in [-0.15, -0.1) is 0 Å². The van der Waals surface area contributed by atoms with Gasteiger partial charge in [0.2, 0.25) is 0 Å². The average Bonchev–Trinajstić information content (AvgIpc) is 2.83. The van der Waals surface area contributed by atoms with Crippen molar-refractivity contribution in [3.05, 3.63) is 96.1 Å². The SMILES string of the molecule is COC(=O)c1ccc(NC(=O)OCc2ccccc2)c(-c2c(N)ccc3ccccc23)c1. The molecule has 4 aromatic carbocycles. The minimum Gasteiger partial charge on any atom is -0.465 e. The highest BCUT2D eigenvalue weighted by molar-refractivity contribution is 6.07. The molecule has 1 amide bonds. The monoisotopic (exact) mass is 426 g/mol. The highest BCUT2D eigenvalue weighted by atomic mass is 16.5. The molecular weight excluding hydrogens is 404 g/mol. The molecule has 0 aliphatic carbocycles. The van der Waals surface area contributed by atoms with Crippen LogP contribution >= 0.6 is 0 Å². The van der Waals surface area contributed by atoms with E-state index in [1.165, 1.54) is 7.11 Å². The minimum atomic E-state index is -0.611. The van der Waals surface area contributed by atoms with E-state index in [9.17, 15) is 9.59 Å². The van der Waals surface area contributed by atoms with E-state index in [4.69, 9.17) is 15.2 Å². The van der Waals surface area contributed by atoms with Gasteiger partial charge in [-0.25, -0.2) is 9.59 Å². The Bertz CT molecular complexity index is 1290. The molecule has 0 radical (unpaired) electrons. The highest BCUT2D eigenvalue weighted by Gasteiger charge is 2.17. The van der Waals surface area contributed by atoms with Crippen molar-refractivity contribution in [1.82, 2.24) is 0 Å². The summed E-state index contributed by atoms with van der Waals surface area (Å²) >= 11 is 0. The van der Waals surface area contributed by atoms with Crippen molar-refractivity contribution in [1.29, 1.82) is 0 Å². The molecular formula is C26H22N2O4. The maximum atomic E-state index is 12.5. The Balaban J connectivity index is 1.73. The largest absolute Gasteiger partial charge is 0.465 e. The van der Waals surface area contributed by atoms with Crippen molar-refractivity contribution in [3.63, 3.8) is 0 Å². The molecule has 0 aliphatic rings. The maximum absolute atomic E-state index is 12.5. The number of ether oxygens (including phenoxy) is 2. The molecule has 3 N–H and O–H groups in total. The summed E-state index contributed by atoms with van der Waals surface area (Å²) in [5.74, 6) is -0.483. The summed E-state index contributed by atoms with van der Waals surface area (Å²) < 4.78 is 10.2. The van der Waals surface area contributed by atoms with Gasteiger partial charge < -0.3 is 15.2 Å². The number of anilines is 2. The molecule has 0 saturated heterocycles. The van der Waals surface area contributed by atoms with Gasteiger partial charge in [0, 0.05) is 16.8 Å². The van der Waals surface area contributed by atoms with E-state index < -0.39 is 12.1 Å². The Morgan fingerprint density at radius 3 is 2.44 bits per heavy atom. The van der Waals surface area contributed by atoms with Crippen molar-refractivity contribution in [2.45, 2.75) is 6.61 Å². The Morgan fingerprint density at radius 2 is 1.66 bits per heavy atom. The molecule has 0 unspecified atom stereocenters. The first-order valence-corrected chi connectivity index (χ1v) is 10.0. The van der Waals surface area contributed by atoms with Gasteiger partial charge in [0.15, 0.2) is 0 Å². The van der Waals surface area contributed by atoms with Gasteiger partial charge in [-0.2, -0.15) is 0 Å². The van der Waals surface area contributed by atoms with Gasteiger partial charge in [0.1, 0.15) is 6.61 Å². The summed E-state index contributed by atoms with van der Waals surface area (Å²) in [7, 11) is 1.32. The van der Waals surface area contributed by atoms with Crippen LogP contribution in [0.5, 0.6) is 0 Å². The molecule has 0 spiro atoms. The quantitative estimate of drug-likeness (QED) is 0.319. The minimum absolute atomic E-state index is 0.138. The van der Waals surface area contributed by atoms with Crippen molar-refractivity contribution in [2.24, 2.45) is 0 Å². The number of nitrogens with one attached hydrogen (secondary N) is 1. The number of hydrogen-bond acceptors (Lipinski definition) is 5. The second-order valence-electron chi connectivity index (χ2n) is 7.19. The van der Waals surface area contributed by atoms with E-state index in [2.05, 4.69) is 5.32 Å². The van der Waals surface area contributed by atoms with E-state index in [0.29, 0.717) is 28.1 Å². The van der Waals surface area contributed by atoms with E-state index in [0.717, 1.165) is 16.3 Å². The molecule has 160 valence electrons. The van der Waals surface area contributed by atoms with Crippen LogP contribution in [0.25, 0.3) is 21.9 Å². The molecule has 6 nitrogen and oxygen atoms in total. The molecule has 0 bridgehead atoms. The number of nitrogen functional groups attached to an aromatic ring is 1. The Labute approximate surface area is 185 Å². The lowest BCUT2D eigenvalue weighted by atomic mass is 9.94. The summed E-state index contributed by atoms with van der Waals surface area (Å²) in [5, 5.41) is 4.67. The standard InChI is InChI=1S/C26H22N2O4/c1-31-25(29)19-12-14-23(28-26(30)32-16-17-7-3-2-4-8-17)21(15-19)24-20-10-6-5-9-18(20)11-13-22(24)27/h2-15H,16,27H2,1H3,(H,28,30). The number of amides is 1. The molecule has 0 heterocycles. The maximum Gasteiger partial charge on any atom is 0.411 e. The summed E-state index contributed by atoms with van der Waals surface area (Å²) in [6.45, 7) is 0.138. The zero-order valence-corrected chi connectivity index (χ0v) is 17.5. The van der Waals surface area contributed by atoms with E-state index in [1.807, 2.05) is 60.7 Å². The van der Waals surface area contributed by atoms with Crippen molar-refractivity contribution < 1.29 is 19.1 Å². The zero-order valence-electron chi connectivity index (χ0n) is 17.5. The lowest BCUT2D eigenvalue weighted by Crippen LogP contribution is -2.15. The Morgan fingerprint density at radius 1 is 0.906 bits per heavy atom. The topological polar surface area (TPSA) is 90.6 Å².